The van der Waals surface area contributed by atoms with Crippen LogP contribution in [0.15, 0.2) is 36.5 Å². The van der Waals surface area contributed by atoms with E-state index in [0.29, 0.717) is 5.69 Å². The molecule has 0 spiro atoms. The fourth-order valence-corrected chi connectivity index (χ4v) is 1.68. The molecule has 2 aromatic rings. The van der Waals surface area contributed by atoms with Crippen molar-refractivity contribution in [3.8, 4) is 0 Å². The number of benzene rings is 1. The number of carbonyl (C=O) groups excluding carboxylic acids is 1. The average molecular weight is 260 g/mol. The van der Waals surface area contributed by atoms with Crippen LogP contribution in [0, 0.1) is 12.7 Å². The van der Waals surface area contributed by atoms with Crippen molar-refractivity contribution < 1.29 is 9.18 Å². The molecule has 6 heteroatoms. The van der Waals surface area contributed by atoms with Crippen LogP contribution in [-0.2, 0) is 0 Å². The molecule has 98 valence electrons. The van der Waals surface area contributed by atoms with Crippen LogP contribution >= 0.6 is 0 Å². The number of anilines is 2. The Hall–Kier alpha value is -2.47. The number of nitrogens with zero attached hydrogens (tertiary/aromatic N) is 1. The smallest absolute Gasteiger partial charge is 0.257 e. The van der Waals surface area contributed by atoms with Gasteiger partial charge >= 0.3 is 0 Å². The van der Waals surface area contributed by atoms with Gasteiger partial charge in [-0.25, -0.2) is 4.39 Å². The number of hydrazine groups is 1. The lowest BCUT2D eigenvalue weighted by Crippen LogP contribution is -2.18. The number of nitrogens with two attached hydrogens (primary N) is 1. The lowest BCUT2D eigenvalue weighted by Gasteiger charge is -2.10. The standard InChI is InChI=1S/C13H13FN4O/c1-8-7-9(5-6-16-8)17-13(19)10-3-2-4-11(14)12(10)18-15/h2-7,18H,15H2,1H3,(H,16,17,19). The van der Waals surface area contributed by atoms with E-state index in [-0.39, 0.29) is 11.3 Å². The lowest BCUT2D eigenvalue weighted by atomic mass is 10.1. The van der Waals surface area contributed by atoms with Gasteiger partial charge < -0.3 is 10.7 Å². The van der Waals surface area contributed by atoms with Crippen LogP contribution in [-0.4, -0.2) is 10.9 Å². The molecule has 0 radical (unpaired) electrons. The molecule has 2 rings (SSSR count). The summed E-state index contributed by atoms with van der Waals surface area (Å²) in [5.74, 6) is 4.20. The third-order valence-electron chi connectivity index (χ3n) is 2.56. The second-order valence-corrected chi connectivity index (χ2v) is 3.95. The van der Waals surface area contributed by atoms with Gasteiger partial charge in [-0.15, -0.1) is 0 Å². The summed E-state index contributed by atoms with van der Waals surface area (Å²) in [5, 5.41) is 2.66. The van der Waals surface area contributed by atoms with Gasteiger partial charge in [0.25, 0.3) is 5.91 Å². The largest absolute Gasteiger partial charge is 0.322 e. The fraction of sp³-hybridized carbons (Fsp3) is 0.0769. The minimum absolute atomic E-state index is 0.0363. The molecule has 1 aromatic carbocycles. The monoisotopic (exact) mass is 260 g/mol. The van der Waals surface area contributed by atoms with Crippen molar-refractivity contribution in [2.75, 3.05) is 10.7 Å². The Morgan fingerprint density at radius 1 is 1.37 bits per heavy atom. The third kappa shape index (κ3) is 2.86. The summed E-state index contributed by atoms with van der Waals surface area (Å²) in [6, 6.07) is 7.53. The summed E-state index contributed by atoms with van der Waals surface area (Å²) < 4.78 is 13.5. The highest BCUT2D eigenvalue weighted by Crippen LogP contribution is 2.20. The topological polar surface area (TPSA) is 80.0 Å². The van der Waals surface area contributed by atoms with Gasteiger partial charge in [0.1, 0.15) is 5.82 Å². The number of nitrogens with one attached hydrogen (secondary N) is 2. The van der Waals surface area contributed by atoms with E-state index < -0.39 is 11.7 Å². The van der Waals surface area contributed by atoms with Gasteiger partial charge in [0.2, 0.25) is 0 Å². The summed E-state index contributed by atoms with van der Waals surface area (Å²) >= 11 is 0. The number of pyridine rings is 1. The maximum atomic E-state index is 13.5. The number of para-hydroxylation sites is 1. The van der Waals surface area contributed by atoms with E-state index in [4.69, 9.17) is 5.84 Å². The Kier molecular flexibility index (Phi) is 3.72. The van der Waals surface area contributed by atoms with Gasteiger partial charge in [0, 0.05) is 17.6 Å². The molecular weight excluding hydrogens is 247 g/mol. The van der Waals surface area contributed by atoms with E-state index in [0.717, 1.165) is 5.69 Å². The maximum absolute atomic E-state index is 13.5. The average Bonchev–Trinajstić information content (AvgIpc) is 2.38. The van der Waals surface area contributed by atoms with Gasteiger partial charge in [-0.2, -0.15) is 0 Å². The summed E-state index contributed by atoms with van der Waals surface area (Å²) in [7, 11) is 0. The number of aromatic nitrogens is 1. The molecular formula is C13H13FN4O. The molecule has 1 amide bonds. The second kappa shape index (κ2) is 5.45. The van der Waals surface area contributed by atoms with Crippen molar-refractivity contribution in [2.45, 2.75) is 6.92 Å². The van der Waals surface area contributed by atoms with Crippen LogP contribution in [0.2, 0.25) is 0 Å². The fourth-order valence-electron chi connectivity index (χ4n) is 1.68. The number of rotatable bonds is 3. The molecule has 0 saturated carbocycles. The van der Waals surface area contributed by atoms with Crippen LogP contribution in [0.25, 0.3) is 0 Å². The van der Waals surface area contributed by atoms with Gasteiger partial charge in [-0.05, 0) is 31.2 Å². The molecule has 0 saturated heterocycles. The molecule has 19 heavy (non-hydrogen) atoms. The van der Waals surface area contributed by atoms with Crippen LogP contribution in [0.4, 0.5) is 15.8 Å². The SMILES string of the molecule is Cc1cc(NC(=O)c2cccc(F)c2NN)ccn1. The Bertz CT molecular complexity index is 615. The van der Waals surface area contributed by atoms with E-state index >= 15 is 0 Å². The first-order chi connectivity index (χ1) is 9.11. The minimum Gasteiger partial charge on any atom is -0.322 e. The maximum Gasteiger partial charge on any atom is 0.257 e. The van der Waals surface area contributed by atoms with Crippen molar-refractivity contribution in [1.29, 1.82) is 0 Å². The highest BCUT2D eigenvalue weighted by atomic mass is 19.1. The quantitative estimate of drug-likeness (QED) is 0.583. The van der Waals surface area contributed by atoms with Crippen LogP contribution in [0.3, 0.4) is 0 Å². The molecule has 0 atom stereocenters. The van der Waals surface area contributed by atoms with Crippen LogP contribution in [0.1, 0.15) is 16.1 Å². The number of amides is 1. The first kappa shape index (κ1) is 13.0. The molecule has 1 heterocycles. The zero-order valence-corrected chi connectivity index (χ0v) is 10.3. The van der Waals surface area contributed by atoms with Crippen LogP contribution < -0.4 is 16.6 Å². The molecule has 0 aliphatic heterocycles. The number of carbonyl (C=O) groups is 1. The van der Waals surface area contributed by atoms with E-state index in [1.54, 1.807) is 18.3 Å². The molecule has 0 unspecified atom stereocenters. The number of aryl methyl sites for hydroxylation is 1. The summed E-state index contributed by atoms with van der Waals surface area (Å²) in [6.45, 7) is 1.81. The third-order valence-corrected chi connectivity index (χ3v) is 2.56. The normalized spacial score (nSPS) is 10.1. The van der Waals surface area contributed by atoms with Crippen molar-refractivity contribution >= 4 is 17.3 Å². The van der Waals surface area contributed by atoms with Gasteiger partial charge in [0.15, 0.2) is 0 Å². The number of nitrogen functional groups attached to an aromatic ring is 1. The summed E-state index contributed by atoms with van der Waals surface area (Å²) in [5.41, 5.74) is 3.65. The Balaban J connectivity index is 2.28. The molecule has 0 bridgehead atoms. The second-order valence-electron chi connectivity index (χ2n) is 3.95. The summed E-state index contributed by atoms with van der Waals surface area (Å²) in [4.78, 5) is 16.1. The Morgan fingerprint density at radius 3 is 2.84 bits per heavy atom. The van der Waals surface area contributed by atoms with Gasteiger partial charge in [0.05, 0.1) is 11.3 Å². The van der Waals surface area contributed by atoms with Gasteiger partial charge in [-0.3, -0.25) is 15.6 Å². The van der Waals surface area contributed by atoms with Crippen molar-refractivity contribution in [3.05, 3.63) is 53.6 Å². The number of hydrogen-bond acceptors (Lipinski definition) is 4. The predicted molar refractivity (Wildman–Crippen MR) is 71.1 cm³/mol. The minimum atomic E-state index is -0.582. The van der Waals surface area contributed by atoms with Crippen LogP contribution in [0.5, 0.6) is 0 Å². The van der Waals surface area contributed by atoms with Crippen molar-refractivity contribution in [1.82, 2.24) is 4.98 Å². The molecule has 0 aliphatic rings. The van der Waals surface area contributed by atoms with E-state index in [2.05, 4.69) is 15.7 Å². The lowest BCUT2D eigenvalue weighted by molar-refractivity contribution is 0.102. The summed E-state index contributed by atoms with van der Waals surface area (Å²) in [6.07, 6.45) is 1.58. The van der Waals surface area contributed by atoms with Crippen molar-refractivity contribution in [2.24, 2.45) is 5.84 Å². The molecule has 5 nitrogen and oxygen atoms in total. The highest BCUT2D eigenvalue weighted by Gasteiger charge is 2.14. The molecule has 4 N–H and O–H groups in total. The highest BCUT2D eigenvalue weighted by molar-refractivity contribution is 6.08. The van der Waals surface area contributed by atoms with Crippen molar-refractivity contribution in [3.63, 3.8) is 0 Å². The zero-order valence-electron chi connectivity index (χ0n) is 10.3. The molecule has 1 aromatic heterocycles. The number of hydrogen-bond donors (Lipinski definition) is 3. The van der Waals surface area contributed by atoms with E-state index in [1.807, 2.05) is 6.92 Å². The Labute approximate surface area is 109 Å². The first-order valence-electron chi connectivity index (χ1n) is 5.61. The van der Waals surface area contributed by atoms with E-state index in [1.165, 1.54) is 18.2 Å². The van der Waals surface area contributed by atoms with Gasteiger partial charge in [-0.1, -0.05) is 6.07 Å². The first-order valence-corrected chi connectivity index (χ1v) is 5.61. The van der Waals surface area contributed by atoms with E-state index in [9.17, 15) is 9.18 Å². The Morgan fingerprint density at radius 2 is 2.16 bits per heavy atom. The molecule has 0 fully saturated rings. The number of halogens is 1. The molecule has 0 aliphatic carbocycles. The predicted octanol–water partition coefficient (Wildman–Crippen LogP) is 2.07. The zero-order chi connectivity index (χ0) is 13.8.